The van der Waals surface area contributed by atoms with Crippen molar-refractivity contribution >= 4 is 0 Å². The number of aromatic amines is 1. The number of nitrogens with zero attached hydrogens (tertiary/aromatic N) is 2. The summed E-state index contributed by atoms with van der Waals surface area (Å²) in [5.41, 5.74) is 1.09. The molecule has 0 fully saturated rings. The van der Waals surface area contributed by atoms with Gasteiger partial charge in [0, 0.05) is 17.8 Å². The van der Waals surface area contributed by atoms with Crippen LogP contribution < -0.4 is 5.32 Å². The van der Waals surface area contributed by atoms with Gasteiger partial charge in [-0.15, -0.1) is 0 Å². The molecule has 0 saturated heterocycles. The number of H-pyrrole nitrogens is 1. The Balaban J connectivity index is 1.90. The van der Waals surface area contributed by atoms with Crippen molar-refractivity contribution in [2.24, 2.45) is 0 Å². The number of furan rings is 1. The first-order chi connectivity index (χ1) is 7.79. The standard InChI is InChI=1S/C11H12N4O/c1-8(9-5-14-15-6-9)13-7-11-3-2-10(4-12)16-11/h2-3,5-6,8,13H,7H2,1H3,(H,14,15). The minimum absolute atomic E-state index is 0.189. The maximum atomic E-state index is 8.60. The van der Waals surface area contributed by atoms with E-state index in [1.165, 1.54) is 0 Å². The molecule has 1 unspecified atom stereocenters. The van der Waals surface area contributed by atoms with Gasteiger partial charge in [-0.25, -0.2) is 0 Å². The number of aromatic nitrogens is 2. The van der Waals surface area contributed by atoms with Crippen LogP contribution in [0, 0.1) is 11.3 Å². The first-order valence-corrected chi connectivity index (χ1v) is 5.00. The van der Waals surface area contributed by atoms with Gasteiger partial charge in [-0.1, -0.05) is 0 Å². The highest BCUT2D eigenvalue weighted by Crippen LogP contribution is 2.12. The lowest BCUT2D eigenvalue weighted by Gasteiger charge is -2.09. The lowest BCUT2D eigenvalue weighted by atomic mass is 10.2. The van der Waals surface area contributed by atoms with E-state index in [2.05, 4.69) is 15.5 Å². The third kappa shape index (κ3) is 2.30. The van der Waals surface area contributed by atoms with Crippen LogP contribution in [0.1, 0.15) is 30.0 Å². The Bertz CT molecular complexity index is 480. The molecule has 0 aliphatic carbocycles. The van der Waals surface area contributed by atoms with E-state index in [0.717, 1.165) is 11.3 Å². The molecule has 82 valence electrons. The average Bonchev–Trinajstić information content (AvgIpc) is 2.96. The van der Waals surface area contributed by atoms with Crippen molar-refractivity contribution < 1.29 is 4.42 Å². The molecular weight excluding hydrogens is 204 g/mol. The molecule has 2 N–H and O–H groups in total. The predicted molar refractivity (Wildman–Crippen MR) is 57.3 cm³/mol. The van der Waals surface area contributed by atoms with Gasteiger partial charge in [0.15, 0.2) is 0 Å². The topological polar surface area (TPSA) is 77.6 Å². The minimum Gasteiger partial charge on any atom is -0.449 e. The Kier molecular flexibility index (Phi) is 3.03. The van der Waals surface area contributed by atoms with E-state index < -0.39 is 0 Å². The van der Waals surface area contributed by atoms with Gasteiger partial charge in [0.05, 0.1) is 12.7 Å². The molecule has 0 bridgehead atoms. The van der Waals surface area contributed by atoms with E-state index in [0.29, 0.717) is 12.3 Å². The van der Waals surface area contributed by atoms with Crippen molar-refractivity contribution in [1.29, 1.82) is 5.26 Å². The molecule has 16 heavy (non-hydrogen) atoms. The van der Waals surface area contributed by atoms with Gasteiger partial charge in [0.25, 0.3) is 0 Å². The number of hydrogen-bond acceptors (Lipinski definition) is 4. The largest absolute Gasteiger partial charge is 0.449 e. The fourth-order valence-electron chi connectivity index (χ4n) is 1.40. The summed E-state index contributed by atoms with van der Waals surface area (Å²) in [6.45, 7) is 2.63. The lowest BCUT2D eigenvalue weighted by Crippen LogP contribution is -2.17. The maximum Gasteiger partial charge on any atom is 0.203 e. The fraction of sp³-hybridized carbons (Fsp3) is 0.273. The Morgan fingerprint density at radius 1 is 1.62 bits per heavy atom. The number of nitriles is 1. The lowest BCUT2D eigenvalue weighted by molar-refractivity contribution is 0.453. The van der Waals surface area contributed by atoms with Gasteiger partial charge < -0.3 is 9.73 Å². The van der Waals surface area contributed by atoms with Crippen molar-refractivity contribution in [3.63, 3.8) is 0 Å². The summed E-state index contributed by atoms with van der Waals surface area (Å²) in [5, 5.41) is 18.5. The highest BCUT2D eigenvalue weighted by atomic mass is 16.3. The van der Waals surface area contributed by atoms with Crippen molar-refractivity contribution in [2.45, 2.75) is 19.5 Å². The first-order valence-electron chi connectivity index (χ1n) is 5.00. The van der Waals surface area contributed by atoms with Gasteiger partial charge in [0.2, 0.25) is 5.76 Å². The molecular formula is C11H12N4O. The van der Waals surface area contributed by atoms with Crippen LogP contribution in [0.25, 0.3) is 0 Å². The number of hydrogen-bond donors (Lipinski definition) is 2. The summed E-state index contributed by atoms with van der Waals surface area (Å²) in [5.74, 6) is 1.10. The molecule has 0 spiro atoms. The zero-order chi connectivity index (χ0) is 11.4. The summed E-state index contributed by atoms with van der Waals surface area (Å²) in [7, 11) is 0. The monoisotopic (exact) mass is 216 g/mol. The average molecular weight is 216 g/mol. The molecule has 1 atom stereocenters. The molecule has 0 radical (unpaired) electrons. The third-order valence-electron chi connectivity index (χ3n) is 2.37. The zero-order valence-electron chi connectivity index (χ0n) is 8.90. The Labute approximate surface area is 93.1 Å². The second-order valence-electron chi connectivity index (χ2n) is 3.51. The Morgan fingerprint density at radius 2 is 2.50 bits per heavy atom. The van der Waals surface area contributed by atoms with Gasteiger partial charge in [-0.3, -0.25) is 5.10 Å². The Hall–Kier alpha value is -2.06. The number of nitrogens with one attached hydrogen (secondary N) is 2. The smallest absolute Gasteiger partial charge is 0.203 e. The summed E-state index contributed by atoms with van der Waals surface area (Å²) >= 11 is 0. The van der Waals surface area contributed by atoms with E-state index in [4.69, 9.17) is 9.68 Å². The second-order valence-corrected chi connectivity index (χ2v) is 3.51. The maximum absolute atomic E-state index is 8.60. The van der Waals surface area contributed by atoms with E-state index >= 15 is 0 Å². The number of rotatable bonds is 4. The highest BCUT2D eigenvalue weighted by Gasteiger charge is 2.07. The van der Waals surface area contributed by atoms with Gasteiger partial charge >= 0.3 is 0 Å². The van der Waals surface area contributed by atoms with E-state index in [1.54, 1.807) is 18.3 Å². The van der Waals surface area contributed by atoms with Crippen LogP contribution in [0.5, 0.6) is 0 Å². The molecule has 2 aromatic rings. The molecule has 0 amide bonds. The van der Waals surface area contributed by atoms with E-state index in [1.807, 2.05) is 19.2 Å². The molecule has 0 aromatic carbocycles. The van der Waals surface area contributed by atoms with Crippen molar-refractivity contribution in [1.82, 2.24) is 15.5 Å². The van der Waals surface area contributed by atoms with Gasteiger partial charge in [-0.05, 0) is 19.1 Å². The minimum atomic E-state index is 0.189. The molecule has 5 heteroatoms. The molecule has 0 aliphatic heterocycles. The summed E-state index contributed by atoms with van der Waals surface area (Å²) < 4.78 is 5.25. The molecule has 2 aromatic heterocycles. The molecule has 2 rings (SSSR count). The van der Waals surface area contributed by atoms with Crippen LogP contribution in [0.2, 0.25) is 0 Å². The van der Waals surface area contributed by atoms with Crippen molar-refractivity contribution in [2.75, 3.05) is 0 Å². The second kappa shape index (κ2) is 4.64. The first kappa shape index (κ1) is 10.5. The predicted octanol–water partition coefficient (Wildman–Crippen LogP) is 1.73. The third-order valence-corrected chi connectivity index (χ3v) is 2.37. The Morgan fingerprint density at radius 3 is 3.12 bits per heavy atom. The van der Waals surface area contributed by atoms with Crippen LogP contribution in [-0.4, -0.2) is 10.2 Å². The summed E-state index contributed by atoms with van der Waals surface area (Å²) in [6.07, 6.45) is 3.63. The van der Waals surface area contributed by atoms with E-state index in [9.17, 15) is 0 Å². The van der Waals surface area contributed by atoms with Crippen LogP contribution in [0.15, 0.2) is 28.9 Å². The van der Waals surface area contributed by atoms with Crippen LogP contribution in [0.4, 0.5) is 0 Å². The summed E-state index contributed by atoms with van der Waals surface area (Å²) in [6, 6.07) is 5.61. The quantitative estimate of drug-likeness (QED) is 0.815. The van der Waals surface area contributed by atoms with Gasteiger partial charge in [0.1, 0.15) is 11.8 Å². The SMILES string of the molecule is CC(NCc1ccc(C#N)o1)c1cn[nH]c1. The molecule has 2 heterocycles. The van der Waals surface area contributed by atoms with Crippen LogP contribution in [-0.2, 0) is 6.54 Å². The van der Waals surface area contributed by atoms with Crippen LogP contribution in [0.3, 0.4) is 0 Å². The summed E-state index contributed by atoms with van der Waals surface area (Å²) in [4.78, 5) is 0. The molecule has 5 nitrogen and oxygen atoms in total. The normalized spacial score (nSPS) is 12.2. The van der Waals surface area contributed by atoms with Crippen molar-refractivity contribution in [3.8, 4) is 6.07 Å². The molecule has 0 saturated carbocycles. The van der Waals surface area contributed by atoms with Crippen LogP contribution >= 0.6 is 0 Å². The fourth-order valence-corrected chi connectivity index (χ4v) is 1.40. The molecule has 0 aliphatic rings. The van der Waals surface area contributed by atoms with Crippen molar-refractivity contribution in [3.05, 3.63) is 41.6 Å². The van der Waals surface area contributed by atoms with Gasteiger partial charge in [-0.2, -0.15) is 10.4 Å². The van der Waals surface area contributed by atoms with E-state index in [-0.39, 0.29) is 6.04 Å². The zero-order valence-corrected chi connectivity index (χ0v) is 8.90. The highest BCUT2D eigenvalue weighted by molar-refractivity contribution is 5.19.